The molecule has 0 aliphatic rings. The summed E-state index contributed by atoms with van der Waals surface area (Å²) in [6.07, 6.45) is 0. The number of hydrogen-bond donors (Lipinski definition) is 2. The molecule has 7 heteroatoms. The fourth-order valence-electron chi connectivity index (χ4n) is 1.13. The standard InChI is InChI=1S/C10H11FN4O2/c1-6(14-15-12)10(17)13-8-3-2-7(5-16)9(11)4-8/h2-4,6,16H,5H2,1H3,(H,13,17)/t6-/m0/s1. The summed E-state index contributed by atoms with van der Waals surface area (Å²) in [5.41, 5.74) is 8.54. The molecule has 1 rings (SSSR count). The number of azide groups is 1. The summed E-state index contributed by atoms with van der Waals surface area (Å²) >= 11 is 0. The molecule has 0 radical (unpaired) electrons. The van der Waals surface area contributed by atoms with Crippen LogP contribution in [0.3, 0.4) is 0 Å². The highest BCUT2D eigenvalue weighted by molar-refractivity contribution is 5.94. The van der Waals surface area contributed by atoms with Gasteiger partial charge in [-0.05, 0) is 24.6 Å². The average Bonchev–Trinajstić information content (AvgIpc) is 2.29. The van der Waals surface area contributed by atoms with Crippen molar-refractivity contribution in [1.82, 2.24) is 0 Å². The van der Waals surface area contributed by atoms with Gasteiger partial charge in [-0.1, -0.05) is 11.2 Å². The van der Waals surface area contributed by atoms with Crippen molar-refractivity contribution in [1.29, 1.82) is 0 Å². The first-order valence-corrected chi connectivity index (χ1v) is 4.83. The van der Waals surface area contributed by atoms with Gasteiger partial charge < -0.3 is 10.4 Å². The number of nitrogens with one attached hydrogen (secondary N) is 1. The molecule has 0 aromatic heterocycles. The van der Waals surface area contributed by atoms with E-state index in [1.54, 1.807) is 0 Å². The van der Waals surface area contributed by atoms with Crippen LogP contribution in [0.15, 0.2) is 23.3 Å². The molecular weight excluding hydrogens is 227 g/mol. The average molecular weight is 238 g/mol. The van der Waals surface area contributed by atoms with Gasteiger partial charge in [0.25, 0.3) is 0 Å². The van der Waals surface area contributed by atoms with Gasteiger partial charge in [-0.3, -0.25) is 4.79 Å². The summed E-state index contributed by atoms with van der Waals surface area (Å²) in [4.78, 5) is 13.9. The lowest BCUT2D eigenvalue weighted by atomic mass is 10.2. The number of aliphatic hydroxyl groups excluding tert-OH is 1. The Morgan fingerprint density at radius 1 is 1.71 bits per heavy atom. The van der Waals surface area contributed by atoms with Gasteiger partial charge >= 0.3 is 0 Å². The zero-order valence-electron chi connectivity index (χ0n) is 9.09. The van der Waals surface area contributed by atoms with E-state index in [1.165, 1.54) is 19.1 Å². The van der Waals surface area contributed by atoms with Gasteiger partial charge in [-0.15, -0.1) is 0 Å². The molecule has 1 aromatic carbocycles. The number of benzene rings is 1. The second-order valence-electron chi connectivity index (χ2n) is 3.33. The highest BCUT2D eigenvalue weighted by atomic mass is 19.1. The molecule has 0 spiro atoms. The normalized spacial score (nSPS) is 11.5. The Labute approximate surface area is 96.7 Å². The summed E-state index contributed by atoms with van der Waals surface area (Å²) in [5.74, 6) is -1.14. The van der Waals surface area contributed by atoms with Crippen molar-refractivity contribution in [2.75, 3.05) is 5.32 Å². The van der Waals surface area contributed by atoms with Crippen molar-refractivity contribution < 1.29 is 14.3 Å². The lowest BCUT2D eigenvalue weighted by molar-refractivity contribution is -0.117. The quantitative estimate of drug-likeness (QED) is 0.476. The predicted molar refractivity (Wildman–Crippen MR) is 59.6 cm³/mol. The summed E-state index contributed by atoms with van der Waals surface area (Å²) < 4.78 is 13.3. The first-order chi connectivity index (χ1) is 8.08. The fourth-order valence-corrected chi connectivity index (χ4v) is 1.13. The van der Waals surface area contributed by atoms with E-state index in [0.29, 0.717) is 0 Å². The first-order valence-electron chi connectivity index (χ1n) is 4.83. The van der Waals surface area contributed by atoms with Crippen LogP contribution in [-0.2, 0) is 11.4 Å². The van der Waals surface area contributed by atoms with E-state index < -0.39 is 24.4 Å². The summed E-state index contributed by atoms with van der Waals surface area (Å²) in [7, 11) is 0. The maximum Gasteiger partial charge on any atom is 0.233 e. The van der Waals surface area contributed by atoms with Gasteiger partial charge in [0.1, 0.15) is 11.9 Å². The van der Waals surface area contributed by atoms with Crippen LogP contribution < -0.4 is 5.32 Å². The number of aliphatic hydroxyl groups is 1. The minimum Gasteiger partial charge on any atom is -0.392 e. The number of hydrogen-bond acceptors (Lipinski definition) is 3. The number of anilines is 1. The highest BCUT2D eigenvalue weighted by Crippen LogP contribution is 2.15. The van der Waals surface area contributed by atoms with E-state index in [9.17, 15) is 9.18 Å². The number of amides is 1. The minimum absolute atomic E-state index is 0.145. The van der Waals surface area contributed by atoms with Crippen LogP contribution in [0.1, 0.15) is 12.5 Å². The third-order valence-electron chi connectivity index (χ3n) is 2.10. The molecule has 90 valence electrons. The monoisotopic (exact) mass is 238 g/mol. The molecule has 0 unspecified atom stereocenters. The molecule has 0 aliphatic carbocycles. The van der Waals surface area contributed by atoms with Crippen LogP contribution in [0, 0.1) is 5.82 Å². The van der Waals surface area contributed by atoms with Crippen molar-refractivity contribution in [3.63, 3.8) is 0 Å². The Kier molecular flexibility index (Phi) is 4.45. The highest BCUT2D eigenvalue weighted by Gasteiger charge is 2.11. The van der Waals surface area contributed by atoms with E-state index in [2.05, 4.69) is 15.3 Å². The van der Waals surface area contributed by atoms with Gasteiger partial charge in [0.15, 0.2) is 0 Å². The van der Waals surface area contributed by atoms with Crippen molar-refractivity contribution >= 4 is 11.6 Å². The van der Waals surface area contributed by atoms with Crippen LogP contribution in [0.4, 0.5) is 10.1 Å². The molecule has 0 fully saturated rings. The van der Waals surface area contributed by atoms with Crippen LogP contribution in [0.2, 0.25) is 0 Å². The Morgan fingerprint density at radius 3 is 2.94 bits per heavy atom. The van der Waals surface area contributed by atoms with E-state index in [4.69, 9.17) is 10.6 Å². The zero-order valence-corrected chi connectivity index (χ0v) is 9.09. The molecule has 0 saturated carbocycles. The van der Waals surface area contributed by atoms with Crippen LogP contribution in [0.25, 0.3) is 10.4 Å². The first kappa shape index (κ1) is 13.0. The number of carbonyl (C=O) groups is 1. The molecule has 0 bridgehead atoms. The van der Waals surface area contributed by atoms with Gasteiger partial charge in [-0.2, -0.15) is 0 Å². The molecule has 1 aromatic rings. The Bertz CT molecular complexity index is 471. The van der Waals surface area contributed by atoms with Crippen molar-refractivity contribution in [2.24, 2.45) is 5.11 Å². The number of rotatable bonds is 4. The Hall–Kier alpha value is -2.11. The van der Waals surface area contributed by atoms with E-state index >= 15 is 0 Å². The molecule has 2 N–H and O–H groups in total. The lowest BCUT2D eigenvalue weighted by Crippen LogP contribution is -2.23. The SMILES string of the molecule is C[C@H](N=[N+]=[N-])C(=O)Nc1ccc(CO)c(F)c1. The van der Waals surface area contributed by atoms with Crippen LogP contribution >= 0.6 is 0 Å². The Morgan fingerprint density at radius 2 is 2.41 bits per heavy atom. The summed E-state index contributed by atoms with van der Waals surface area (Å²) in [6, 6.07) is 3.03. The molecule has 0 heterocycles. The molecular formula is C10H11FN4O2. The maximum atomic E-state index is 13.3. The molecule has 0 aliphatic heterocycles. The zero-order chi connectivity index (χ0) is 12.8. The topological polar surface area (TPSA) is 98.1 Å². The largest absolute Gasteiger partial charge is 0.392 e. The maximum absolute atomic E-state index is 13.3. The van der Waals surface area contributed by atoms with Gasteiger partial charge in [-0.25, -0.2) is 4.39 Å². The number of halogens is 1. The molecule has 0 saturated heterocycles. The van der Waals surface area contributed by atoms with Crippen molar-refractivity contribution in [2.45, 2.75) is 19.6 Å². The second-order valence-corrected chi connectivity index (χ2v) is 3.33. The number of nitrogens with zero attached hydrogens (tertiary/aromatic N) is 3. The summed E-state index contributed by atoms with van der Waals surface area (Å²) in [5, 5.41) is 14.4. The predicted octanol–water partition coefficient (Wildman–Crippen LogP) is 1.96. The van der Waals surface area contributed by atoms with Gasteiger partial charge in [0.05, 0.1) is 6.61 Å². The molecule has 17 heavy (non-hydrogen) atoms. The summed E-state index contributed by atoms with van der Waals surface area (Å²) in [6.45, 7) is 1.02. The lowest BCUT2D eigenvalue weighted by Gasteiger charge is -2.08. The molecule has 6 nitrogen and oxygen atoms in total. The van der Waals surface area contributed by atoms with Crippen LogP contribution in [0.5, 0.6) is 0 Å². The minimum atomic E-state index is -0.874. The van der Waals surface area contributed by atoms with E-state index in [-0.39, 0.29) is 11.3 Å². The smallest absolute Gasteiger partial charge is 0.233 e. The second kappa shape index (κ2) is 5.83. The van der Waals surface area contributed by atoms with Gasteiger partial charge in [0.2, 0.25) is 5.91 Å². The van der Waals surface area contributed by atoms with Crippen molar-refractivity contribution in [3.05, 3.63) is 40.0 Å². The fraction of sp³-hybridized carbons (Fsp3) is 0.300. The molecule has 1 atom stereocenters. The Balaban J connectivity index is 2.79. The van der Waals surface area contributed by atoms with E-state index in [1.807, 2.05) is 0 Å². The third kappa shape index (κ3) is 3.44. The van der Waals surface area contributed by atoms with Crippen LogP contribution in [-0.4, -0.2) is 17.1 Å². The van der Waals surface area contributed by atoms with Gasteiger partial charge in [0, 0.05) is 16.2 Å². The molecule has 1 amide bonds. The number of carbonyl (C=O) groups excluding carboxylic acids is 1. The van der Waals surface area contributed by atoms with Crippen molar-refractivity contribution in [3.8, 4) is 0 Å². The van der Waals surface area contributed by atoms with E-state index in [0.717, 1.165) is 6.07 Å². The third-order valence-corrected chi connectivity index (χ3v) is 2.10.